The molecular formula is C11H16O2S. The Hall–Kier alpha value is -0.830. The molecule has 14 heavy (non-hydrogen) atoms. The molecule has 0 aliphatic heterocycles. The Kier molecular flexibility index (Phi) is 4.14. The van der Waals surface area contributed by atoms with Gasteiger partial charge in [-0.15, -0.1) is 11.3 Å². The van der Waals surface area contributed by atoms with Crippen LogP contribution in [0.4, 0.5) is 0 Å². The van der Waals surface area contributed by atoms with E-state index in [-0.39, 0.29) is 5.97 Å². The fourth-order valence-corrected chi connectivity index (χ4v) is 2.42. The van der Waals surface area contributed by atoms with Crippen LogP contribution in [0.2, 0.25) is 0 Å². The van der Waals surface area contributed by atoms with Crippen LogP contribution in [-0.2, 0) is 11.2 Å². The molecule has 0 saturated carbocycles. The molecule has 0 aromatic carbocycles. The molecule has 0 spiro atoms. The fourth-order valence-electron chi connectivity index (χ4n) is 1.40. The van der Waals surface area contributed by atoms with E-state index in [2.05, 4.69) is 6.92 Å². The predicted octanol–water partition coefficient (Wildman–Crippen LogP) is 3.19. The molecule has 0 fully saturated rings. The highest BCUT2D eigenvalue weighted by atomic mass is 32.1. The van der Waals surface area contributed by atoms with Gasteiger partial charge in [0.2, 0.25) is 0 Å². The molecule has 0 amide bonds. The molecule has 0 N–H and O–H groups in total. The zero-order valence-corrected chi connectivity index (χ0v) is 9.74. The van der Waals surface area contributed by atoms with Gasteiger partial charge in [0, 0.05) is 0 Å². The van der Waals surface area contributed by atoms with Crippen molar-refractivity contribution < 1.29 is 9.53 Å². The van der Waals surface area contributed by atoms with E-state index in [1.165, 1.54) is 29.6 Å². The second-order valence-electron chi connectivity index (χ2n) is 3.32. The van der Waals surface area contributed by atoms with E-state index in [1.807, 2.05) is 12.3 Å². The highest BCUT2D eigenvalue weighted by Gasteiger charge is 2.15. The molecule has 0 radical (unpaired) electrons. The topological polar surface area (TPSA) is 26.3 Å². The fraction of sp³-hybridized carbons (Fsp3) is 0.545. The van der Waals surface area contributed by atoms with Crippen LogP contribution >= 0.6 is 11.3 Å². The number of hydrogen-bond donors (Lipinski definition) is 0. The van der Waals surface area contributed by atoms with Crippen LogP contribution in [0, 0.1) is 6.92 Å². The van der Waals surface area contributed by atoms with Crippen LogP contribution in [0.1, 0.15) is 40.6 Å². The van der Waals surface area contributed by atoms with Gasteiger partial charge in [-0.3, -0.25) is 0 Å². The normalized spacial score (nSPS) is 10.2. The van der Waals surface area contributed by atoms with E-state index >= 15 is 0 Å². The standard InChI is InChI=1S/C11H16O2S/c1-4-5-6-9-8(2)7-14-10(9)11(12)13-3/h7H,4-6H2,1-3H3. The molecule has 0 bridgehead atoms. The lowest BCUT2D eigenvalue weighted by Crippen LogP contribution is -2.02. The molecule has 1 rings (SSSR count). The number of unbranched alkanes of at least 4 members (excludes halogenated alkanes) is 1. The van der Waals surface area contributed by atoms with Crippen molar-refractivity contribution in [3.05, 3.63) is 21.4 Å². The number of rotatable bonds is 4. The molecule has 1 heterocycles. The Morgan fingerprint density at radius 1 is 1.57 bits per heavy atom. The van der Waals surface area contributed by atoms with Gasteiger partial charge < -0.3 is 4.74 Å². The first kappa shape index (κ1) is 11.2. The smallest absolute Gasteiger partial charge is 0.348 e. The van der Waals surface area contributed by atoms with Gasteiger partial charge in [-0.1, -0.05) is 13.3 Å². The summed E-state index contributed by atoms with van der Waals surface area (Å²) in [4.78, 5) is 12.2. The quantitative estimate of drug-likeness (QED) is 0.716. The Bertz CT molecular complexity index is 315. The Balaban J connectivity index is 2.88. The van der Waals surface area contributed by atoms with E-state index < -0.39 is 0 Å². The minimum Gasteiger partial charge on any atom is -0.465 e. The van der Waals surface area contributed by atoms with Crippen molar-refractivity contribution in [3.8, 4) is 0 Å². The lowest BCUT2D eigenvalue weighted by atomic mass is 10.1. The number of carbonyl (C=O) groups excluding carboxylic acids is 1. The molecule has 0 saturated heterocycles. The molecule has 0 aliphatic rings. The second-order valence-corrected chi connectivity index (χ2v) is 4.20. The molecule has 2 nitrogen and oxygen atoms in total. The number of methoxy groups -OCH3 is 1. The Morgan fingerprint density at radius 2 is 2.29 bits per heavy atom. The maximum Gasteiger partial charge on any atom is 0.348 e. The Morgan fingerprint density at radius 3 is 2.86 bits per heavy atom. The molecule has 3 heteroatoms. The van der Waals surface area contributed by atoms with Gasteiger partial charge >= 0.3 is 5.97 Å². The van der Waals surface area contributed by atoms with Gasteiger partial charge in [0.05, 0.1) is 7.11 Å². The maximum atomic E-state index is 11.4. The third-order valence-corrected chi connectivity index (χ3v) is 3.37. The van der Waals surface area contributed by atoms with E-state index in [4.69, 9.17) is 4.74 Å². The summed E-state index contributed by atoms with van der Waals surface area (Å²) in [5.74, 6) is -0.200. The second kappa shape index (κ2) is 5.15. The highest BCUT2D eigenvalue weighted by molar-refractivity contribution is 7.12. The summed E-state index contributed by atoms with van der Waals surface area (Å²) in [6.07, 6.45) is 3.26. The summed E-state index contributed by atoms with van der Waals surface area (Å²) in [5, 5.41) is 2.03. The predicted molar refractivity (Wildman–Crippen MR) is 59.0 cm³/mol. The minimum absolute atomic E-state index is 0.200. The third-order valence-electron chi connectivity index (χ3n) is 2.25. The summed E-state index contributed by atoms with van der Waals surface area (Å²) in [7, 11) is 1.43. The molecule has 78 valence electrons. The lowest BCUT2D eigenvalue weighted by molar-refractivity contribution is 0.0605. The largest absolute Gasteiger partial charge is 0.465 e. The summed E-state index contributed by atoms with van der Waals surface area (Å²) >= 11 is 1.48. The first-order chi connectivity index (χ1) is 6.70. The molecule has 1 aromatic rings. The molecule has 0 unspecified atom stereocenters. The van der Waals surface area contributed by atoms with Gasteiger partial charge in [0.25, 0.3) is 0 Å². The van der Waals surface area contributed by atoms with E-state index in [9.17, 15) is 4.79 Å². The zero-order chi connectivity index (χ0) is 10.6. The number of ether oxygens (including phenoxy) is 1. The highest BCUT2D eigenvalue weighted by Crippen LogP contribution is 2.24. The van der Waals surface area contributed by atoms with Crippen LogP contribution in [-0.4, -0.2) is 13.1 Å². The molecule has 0 atom stereocenters. The SMILES string of the molecule is CCCCc1c(C)csc1C(=O)OC. The van der Waals surface area contributed by atoms with Crippen LogP contribution in [0.25, 0.3) is 0 Å². The van der Waals surface area contributed by atoms with E-state index in [0.717, 1.165) is 24.1 Å². The summed E-state index contributed by atoms with van der Waals surface area (Å²) in [6.45, 7) is 4.20. The third kappa shape index (κ3) is 2.35. The molecular weight excluding hydrogens is 196 g/mol. The first-order valence-electron chi connectivity index (χ1n) is 4.86. The molecule has 1 aromatic heterocycles. The van der Waals surface area contributed by atoms with E-state index in [0.29, 0.717) is 0 Å². The van der Waals surface area contributed by atoms with Crippen molar-refractivity contribution >= 4 is 17.3 Å². The maximum absolute atomic E-state index is 11.4. The minimum atomic E-state index is -0.200. The lowest BCUT2D eigenvalue weighted by Gasteiger charge is -2.02. The van der Waals surface area contributed by atoms with Crippen molar-refractivity contribution in [1.82, 2.24) is 0 Å². The molecule has 0 aliphatic carbocycles. The summed E-state index contributed by atoms with van der Waals surface area (Å²) in [6, 6.07) is 0. The average molecular weight is 212 g/mol. The van der Waals surface area contributed by atoms with Gasteiger partial charge in [0.1, 0.15) is 4.88 Å². The number of esters is 1. The Labute approximate surface area is 88.9 Å². The number of carbonyl (C=O) groups is 1. The van der Waals surface area contributed by atoms with Crippen molar-refractivity contribution in [1.29, 1.82) is 0 Å². The van der Waals surface area contributed by atoms with Crippen LogP contribution in [0.15, 0.2) is 5.38 Å². The monoisotopic (exact) mass is 212 g/mol. The van der Waals surface area contributed by atoms with Gasteiger partial charge in [-0.05, 0) is 36.3 Å². The van der Waals surface area contributed by atoms with Crippen molar-refractivity contribution in [2.75, 3.05) is 7.11 Å². The first-order valence-corrected chi connectivity index (χ1v) is 5.74. The van der Waals surface area contributed by atoms with Crippen LogP contribution in [0.5, 0.6) is 0 Å². The average Bonchev–Trinajstić information content (AvgIpc) is 2.56. The van der Waals surface area contributed by atoms with Gasteiger partial charge in [-0.25, -0.2) is 4.79 Å². The van der Waals surface area contributed by atoms with Crippen LogP contribution < -0.4 is 0 Å². The van der Waals surface area contributed by atoms with E-state index in [1.54, 1.807) is 0 Å². The number of aryl methyl sites for hydroxylation is 1. The van der Waals surface area contributed by atoms with Crippen LogP contribution in [0.3, 0.4) is 0 Å². The van der Waals surface area contributed by atoms with Crippen molar-refractivity contribution in [2.45, 2.75) is 33.1 Å². The zero-order valence-electron chi connectivity index (χ0n) is 8.92. The number of thiophene rings is 1. The van der Waals surface area contributed by atoms with Crippen molar-refractivity contribution in [2.24, 2.45) is 0 Å². The van der Waals surface area contributed by atoms with Gasteiger partial charge in [0.15, 0.2) is 0 Å². The number of hydrogen-bond acceptors (Lipinski definition) is 3. The summed E-state index contributed by atoms with van der Waals surface area (Å²) in [5.41, 5.74) is 2.38. The van der Waals surface area contributed by atoms with Crippen molar-refractivity contribution in [3.63, 3.8) is 0 Å². The van der Waals surface area contributed by atoms with Gasteiger partial charge in [-0.2, -0.15) is 0 Å². The summed E-state index contributed by atoms with van der Waals surface area (Å²) < 4.78 is 4.74.